The molecular formula is C17H17BrN2O. The first-order chi connectivity index (χ1) is 10.0. The highest BCUT2D eigenvalue weighted by Crippen LogP contribution is 2.27. The lowest BCUT2D eigenvalue weighted by Crippen LogP contribution is -2.32. The Balaban J connectivity index is 1.74. The molecule has 2 aromatic rings. The molecule has 0 fully saturated rings. The smallest absolute Gasteiger partial charge is 0.247 e. The fourth-order valence-electron chi connectivity index (χ4n) is 2.70. The van der Waals surface area contributed by atoms with E-state index < -0.39 is 0 Å². The third-order valence-corrected chi connectivity index (χ3v) is 5.04. The van der Waals surface area contributed by atoms with Gasteiger partial charge < -0.3 is 10.6 Å². The number of rotatable bonds is 2. The van der Waals surface area contributed by atoms with Crippen molar-refractivity contribution in [1.29, 1.82) is 0 Å². The Kier molecular flexibility index (Phi) is 3.72. The molecule has 0 saturated carbocycles. The average molecular weight is 345 g/mol. The lowest BCUT2D eigenvalue weighted by molar-refractivity contribution is -0.116. The largest absolute Gasteiger partial charge is 0.373 e. The second-order valence-electron chi connectivity index (χ2n) is 5.47. The van der Waals surface area contributed by atoms with Crippen LogP contribution in [0.4, 0.5) is 11.4 Å². The van der Waals surface area contributed by atoms with E-state index in [1.807, 2.05) is 44.2 Å². The van der Waals surface area contributed by atoms with Crippen LogP contribution in [0.15, 0.2) is 40.9 Å². The van der Waals surface area contributed by atoms with Gasteiger partial charge in [-0.3, -0.25) is 4.79 Å². The van der Waals surface area contributed by atoms with E-state index in [0.29, 0.717) is 0 Å². The summed E-state index contributed by atoms with van der Waals surface area (Å²) in [5, 5.41) is 6.28. The highest BCUT2D eigenvalue weighted by atomic mass is 79.9. The topological polar surface area (TPSA) is 41.1 Å². The number of anilines is 2. The highest BCUT2D eigenvalue weighted by Gasteiger charge is 2.26. The average Bonchev–Trinajstić information content (AvgIpc) is 2.88. The Bertz CT molecular complexity index is 664. The van der Waals surface area contributed by atoms with Crippen molar-refractivity contribution in [2.24, 2.45) is 0 Å². The van der Waals surface area contributed by atoms with Gasteiger partial charge in [-0.15, -0.1) is 0 Å². The molecule has 108 valence electrons. The summed E-state index contributed by atoms with van der Waals surface area (Å²) in [4.78, 5) is 12.4. The Hall–Kier alpha value is -1.81. The van der Waals surface area contributed by atoms with E-state index in [2.05, 4.69) is 32.6 Å². The van der Waals surface area contributed by atoms with Gasteiger partial charge in [-0.25, -0.2) is 0 Å². The zero-order valence-electron chi connectivity index (χ0n) is 12.0. The molecule has 1 heterocycles. The van der Waals surface area contributed by atoms with Gasteiger partial charge >= 0.3 is 0 Å². The molecule has 0 radical (unpaired) electrons. The molecule has 0 spiro atoms. The van der Waals surface area contributed by atoms with Crippen molar-refractivity contribution in [3.8, 4) is 0 Å². The van der Waals surface area contributed by atoms with Crippen LogP contribution in [0.3, 0.4) is 0 Å². The fourth-order valence-corrected chi connectivity index (χ4v) is 2.93. The maximum atomic E-state index is 12.4. The molecule has 0 bridgehead atoms. The van der Waals surface area contributed by atoms with Gasteiger partial charge in [-0.2, -0.15) is 0 Å². The van der Waals surface area contributed by atoms with Crippen molar-refractivity contribution in [2.45, 2.75) is 26.3 Å². The number of benzene rings is 2. The van der Waals surface area contributed by atoms with Crippen LogP contribution in [0.5, 0.6) is 0 Å². The van der Waals surface area contributed by atoms with Crippen LogP contribution in [0.25, 0.3) is 0 Å². The lowest BCUT2D eigenvalue weighted by atomic mass is 10.1. The standard InChI is InChI=1S/C17H17BrN2O/c1-10-7-13(8-11(2)16(10)18)19-17(21)15-9-12-5-3-4-6-14(12)20-15/h3-8,15,20H,9H2,1-2H3,(H,19,21)/t15-/m0/s1. The maximum absolute atomic E-state index is 12.4. The molecule has 3 nitrogen and oxygen atoms in total. The summed E-state index contributed by atoms with van der Waals surface area (Å²) in [7, 11) is 0. The van der Waals surface area contributed by atoms with Gasteiger partial charge in [0.1, 0.15) is 6.04 Å². The van der Waals surface area contributed by atoms with E-state index in [1.54, 1.807) is 0 Å². The number of hydrogen-bond acceptors (Lipinski definition) is 2. The van der Waals surface area contributed by atoms with Crippen molar-refractivity contribution in [3.05, 3.63) is 57.6 Å². The van der Waals surface area contributed by atoms with Crippen LogP contribution >= 0.6 is 15.9 Å². The van der Waals surface area contributed by atoms with E-state index in [4.69, 9.17) is 0 Å². The highest BCUT2D eigenvalue weighted by molar-refractivity contribution is 9.10. The van der Waals surface area contributed by atoms with Gasteiger partial charge in [-0.05, 0) is 48.7 Å². The van der Waals surface area contributed by atoms with E-state index in [0.717, 1.165) is 33.4 Å². The summed E-state index contributed by atoms with van der Waals surface area (Å²) < 4.78 is 1.09. The summed E-state index contributed by atoms with van der Waals surface area (Å²) in [5.74, 6) is 0.00678. The Morgan fingerprint density at radius 3 is 2.57 bits per heavy atom. The van der Waals surface area contributed by atoms with E-state index in [-0.39, 0.29) is 11.9 Å². The summed E-state index contributed by atoms with van der Waals surface area (Å²) in [6.45, 7) is 4.05. The second-order valence-corrected chi connectivity index (χ2v) is 6.26. The van der Waals surface area contributed by atoms with Crippen molar-refractivity contribution in [1.82, 2.24) is 0 Å². The molecule has 0 saturated heterocycles. The summed E-state index contributed by atoms with van der Waals surface area (Å²) in [6, 6.07) is 11.8. The maximum Gasteiger partial charge on any atom is 0.247 e. The van der Waals surface area contributed by atoms with Crippen molar-refractivity contribution in [2.75, 3.05) is 10.6 Å². The molecule has 1 amide bonds. The monoisotopic (exact) mass is 344 g/mol. The van der Waals surface area contributed by atoms with Gasteiger partial charge in [0.15, 0.2) is 0 Å². The van der Waals surface area contributed by atoms with E-state index >= 15 is 0 Å². The van der Waals surface area contributed by atoms with Gasteiger partial charge in [0.2, 0.25) is 5.91 Å². The van der Waals surface area contributed by atoms with Gasteiger partial charge in [0.05, 0.1) is 0 Å². The first-order valence-corrected chi connectivity index (χ1v) is 7.76. The van der Waals surface area contributed by atoms with Crippen molar-refractivity contribution >= 4 is 33.2 Å². The molecule has 2 N–H and O–H groups in total. The lowest BCUT2D eigenvalue weighted by Gasteiger charge is -2.14. The third kappa shape index (κ3) is 2.81. The number of fused-ring (bicyclic) bond motifs is 1. The third-order valence-electron chi connectivity index (χ3n) is 3.79. The van der Waals surface area contributed by atoms with Crippen molar-refractivity contribution < 1.29 is 4.79 Å². The number of aryl methyl sites for hydroxylation is 2. The zero-order chi connectivity index (χ0) is 15.0. The molecule has 0 unspecified atom stereocenters. The molecule has 3 rings (SSSR count). The van der Waals surface area contributed by atoms with Crippen LogP contribution < -0.4 is 10.6 Å². The predicted octanol–water partition coefficient (Wildman–Crippen LogP) is 4.04. The molecular weight excluding hydrogens is 328 g/mol. The summed E-state index contributed by atoms with van der Waals surface area (Å²) >= 11 is 3.54. The fraction of sp³-hybridized carbons (Fsp3) is 0.235. The molecule has 2 aromatic carbocycles. The minimum atomic E-state index is -0.202. The SMILES string of the molecule is Cc1cc(NC(=O)[C@@H]2Cc3ccccc3N2)cc(C)c1Br. The van der Waals surface area contributed by atoms with Crippen molar-refractivity contribution in [3.63, 3.8) is 0 Å². The molecule has 4 heteroatoms. The van der Waals surface area contributed by atoms with Gasteiger partial charge in [0, 0.05) is 22.3 Å². The predicted molar refractivity (Wildman–Crippen MR) is 89.8 cm³/mol. The second kappa shape index (κ2) is 5.53. The Morgan fingerprint density at radius 1 is 1.24 bits per heavy atom. The minimum Gasteiger partial charge on any atom is -0.373 e. The number of hydrogen-bond donors (Lipinski definition) is 2. The zero-order valence-corrected chi connectivity index (χ0v) is 13.6. The van der Waals surface area contributed by atoms with Crippen LogP contribution in [0.1, 0.15) is 16.7 Å². The van der Waals surface area contributed by atoms with Gasteiger partial charge in [-0.1, -0.05) is 34.1 Å². The number of carbonyl (C=O) groups is 1. The first-order valence-electron chi connectivity index (χ1n) is 6.96. The number of nitrogens with one attached hydrogen (secondary N) is 2. The first kappa shape index (κ1) is 14.1. The number of carbonyl (C=O) groups excluding carboxylic acids is 1. The van der Waals surface area contributed by atoms with E-state index in [9.17, 15) is 4.79 Å². The summed E-state index contributed by atoms with van der Waals surface area (Å²) in [5.41, 5.74) is 5.33. The van der Waals surface area contributed by atoms with Gasteiger partial charge in [0.25, 0.3) is 0 Å². The molecule has 1 aliphatic heterocycles. The van der Waals surface area contributed by atoms with Crippen LogP contribution in [0.2, 0.25) is 0 Å². The molecule has 1 aliphatic rings. The number of para-hydroxylation sites is 1. The molecule has 21 heavy (non-hydrogen) atoms. The number of halogens is 1. The van der Waals surface area contributed by atoms with Crippen LogP contribution in [0, 0.1) is 13.8 Å². The molecule has 0 aliphatic carbocycles. The van der Waals surface area contributed by atoms with E-state index in [1.165, 1.54) is 5.56 Å². The quantitative estimate of drug-likeness (QED) is 0.863. The normalized spacial score (nSPS) is 16.2. The number of amides is 1. The molecule has 1 atom stereocenters. The molecule has 0 aromatic heterocycles. The summed E-state index contributed by atoms with van der Waals surface area (Å²) in [6.07, 6.45) is 0.733. The van der Waals surface area contributed by atoms with Crippen LogP contribution in [-0.4, -0.2) is 11.9 Å². The minimum absolute atomic E-state index is 0.00678. The Labute approximate surface area is 132 Å². The van der Waals surface area contributed by atoms with Crippen LogP contribution in [-0.2, 0) is 11.2 Å². The Morgan fingerprint density at radius 2 is 1.90 bits per heavy atom.